The van der Waals surface area contributed by atoms with E-state index < -0.39 is 0 Å². The maximum absolute atomic E-state index is 13.9. The second-order valence-electron chi connectivity index (χ2n) is 5.21. The largest absolute Gasteiger partial charge is 0.381 e. The Morgan fingerprint density at radius 1 is 1.35 bits per heavy atom. The summed E-state index contributed by atoms with van der Waals surface area (Å²) in [5.41, 5.74) is 0.639. The summed E-state index contributed by atoms with van der Waals surface area (Å²) in [5, 5.41) is 3.25. The van der Waals surface area contributed by atoms with Gasteiger partial charge >= 0.3 is 0 Å². The standard InChI is InChI=1S/C16H24FNO2/c1-2-18-11-16(14-5-3-4-6-15(14)17)20-12-13-7-9-19-10-8-13/h3-6,13,16,18H,2,7-12H2,1H3. The van der Waals surface area contributed by atoms with E-state index in [9.17, 15) is 4.39 Å². The highest BCUT2D eigenvalue weighted by Gasteiger charge is 2.19. The lowest BCUT2D eigenvalue weighted by Crippen LogP contribution is -2.27. The number of hydrogen-bond donors (Lipinski definition) is 1. The van der Waals surface area contributed by atoms with Crippen molar-refractivity contribution >= 4 is 0 Å². The van der Waals surface area contributed by atoms with Crippen molar-refractivity contribution in [1.29, 1.82) is 0 Å². The van der Waals surface area contributed by atoms with E-state index in [1.165, 1.54) is 6.07 Å². The quantitative estimate of drug-likeness (QED) is 0.833. The van der Waals surface area contributed by atoms with E-state index in [1.807, 2.05) is 13.0 Å². The van der Waals surface area contributed by atoms with Gasteiger partial charge in [0.25, 0.3) is 0 Å². The van der Waals surface area contributed by atoms with Gasteiger partial charge in [-0.2, -0.15) is 0 Å². The van der Waals surface area contributed by atoms with Crippen LogP contribution >= 0.6 is 0 Å². The number of benzene rings is 1. The zero-order valence-corrected chi connectivity index (χ0v) is 12.1. The molecule has 0 bridgehead atoms. The van der Waals surface area contributed by atoms with E-state index in [0.29, 0.717) is 24.6 Å². The molecule has 1 saturated heterocycles. The summed E-state index contributed by atoms with van der Waals surface area (Å²) < 4.78 is 25.2. The molecule has 0 aromatic heterocycles. The number of nitrogens with one attached hydrogen (secondary N) is 1. The molecule has 0 aliphatic carbocycles. The molecule has 1 atom stereocenters. The third-order valence-electron chi connectivity index (χ3n) is 3.71. The molecule has 1 aromatic carbocycles. The number of halogens is 1. The fraction of sp³-hybridized carbons (Fsp3) is 0.625. The first kappa shape index (κ1) is 15.4. The highest BCUT2D eigenvalue weighted by molar-refractivity contribution is 5.20. The number of likely N-dealkylation sites (N-methyl/N-ethyl adjacent to an activating group) is 1. The van der Waals surface area contributed by atoms with Crippen molar-refractivity contribution in [1.82, 2.24) is 5.32 Å². The van der Waals surface area contributed by atoms with E-state index in [-0.39, 0.29) is 11.9 Å². The summed E-state index contributed by atoms with van der Waals surface area (Å²) in [6.45, 7) is 5.83. The number of rotatable bonds is 7. The normalized spacial score (nSPS) is 18.1. The number of ether oxygens (including phenoxy) is 2. The van der Waals surface area contributed by atoms with Crippen LogP contribution < -0.4 is 5.32 Å². The van der Waals surface area contributed by atoms with E-state index in [1.54, 1.807) is 12.1 Å². The van der Waals surface area contributed by atoms with Gasteiger partial charge in [0.15, 0.2) is 0 Å². The van der Waals surface area contributed by atoms with Crippen LogP contribution in [0.4, 0.5) is 4.39 Å². The molecular formula is C16H24FNO2. The van der Waals surface area contributed by atoms with Crippen LogP contribution in [0.2, 0.25) is 0 Å². The third kappa shape index (κ3) is 4.54. The fourth-order valence-electron chi connectivity index (χ4n) is 2.44. The van der Waals surface area contributed by atoms with Crippen LogP contribution in [0.5, 0.6) is 0 Å². The average Bonchev–Trinajstić information content (AvgIpc) is 2.49. The second kappa shape index (κ2) is 8.35. The molecule has 1 aliphatic heterocycles. The third-order valence-corrected chi connectivity index (χ3v) is 3.71. The Balaban J connectivity index is 1.94. The average molecular weight is 281 g/mol. The summed E-state index contributed by atoms with van der Waals surface area (Å²) in [4.78, 5) is 0. The van der Waals surface area contributed by atoms with Gasteiger partial charge < -0.3 is 14.8 Å². The van der Waals surface area contributed by atoms with Crippen molar-refractivity contribution in [2.24, 2.45) is 5.92 Å². The van der Waals surface area contributed by atoms with Crippen LogP contribution in [-0.4, -0.2) is 32.9 Å². The Bertz CT molecular complexity index is 394. The molecule has 3 nitrogen and oxygen atoms in total. The van der Waals surface area contributed by atoms with Crippen LogP contribution in [0, 0.1) is 11.7 Å². The van der Waals surface area contributed by atoms with Crippen molar-refractivity contribution in [3.8, 4) is 0 Å². The van der Waals surface area contributed by atoms with Gasteiger partial charge in [0.2, 0.25) is 0 Å². The fourth-order valence-corrected chi connectivity index (χ4v) is 2.44. The SMILES string of the molecule is CCNCC(OCC1CCOCC1)c1ccccc1F. The molecule has 0 amide bonds. The van der Waals surface area contributed by atoms with Gasteiger partial charge in [-0.15, -0.1) is 0 Å². The van der Waals surface area contributed by atoms with Gasteiger partial charge in [0.1, 0.15) is 5.82 Å². The van der Waals surface area contributed by atoms with Crippen molar-refractivity contribution < 1.29 is 13.9 Å². The molecule has 0 saturated carbocycles. The topological polar surface area (TPSA) is 30.5 Å². The van der Waals surface area contributed by atoms with Crippen LogP contribution in [0.15, 0.2) is 24.3 Å². The van der Waals surface area contributed by atoms with Gasteiger partial charge in [-0.3, -0.25) is 0 Å². The first-order valence-electron chi connectivity index (χ1n) is 7.45. The van der Waals surface area contributed by atoms with Crippen LogP contribution in [0.25, 0.3) is 0 Å². The Labute approximate surface area is 120 Å². The second-order valence-corrected chi connectivity index (χ2v) is 5.21. The van der Waals surface area contributed by atoms with Crippen LogP contribution in [-0.2, 0) is 9.47 Å². The molecule has 1 unspecified atom stereocenters. The summed E-state index contributed by atoms with van der Waals surface area (Å²) in [6.07, 6.45) is 1.84. The van der Waals surface area contributed by atoms with Gasteiger partial charge in [0, 0.05) is 25.3 Å². The number of hydrogen-bond acceptors (Lipinski definition) is 3. The zero-order valence-electron chi connectivity index (χ0n) is 12.1. The van der Waals surface area contributed by atoms with Gasteiger partial charge in [-0.1, -0.05) is 25.1 Å². The molecule has 0 spiro atoms. The molecule has 1 aromatic rings. The molecule has 20 heavy (non-hydrogen) atoms. The predicted octanol–water partition coefficient (Wildman–Crippen LogP) is 2.92. The van der Waals surface area contributed by atoms with Crippen LogP contribution in [0.1, 0.15) is 31.4 Å². The first-order chi connectivity index (χ1) is 9.81. The molecule has 112 valence electrons. The maximum atomic E-state index is 13.9. The van der Waals surface area contributed by atoms with Crippen molar-refractivity contribution in [2.45, 2.75) is 25.9 Å². The smallest absolute Gasteiger partial charge is 0.129 e. The summed E-state index contributed by atoms with van der Waals surface area (Å²) in [7, 11) is 0. The molecule has 4 heteroatoms. The highest BCUT2D eigenvalue weighted by atomic mass is 19.1. The maximum Gasteiger partial charge on any atom is 0.129 e. The molecule has 1 N–H and O–H groups in total. The summed E-state index contributed by atoms with van der Waals surface area (Å²) in [5.74, 6) is 0.335. The lowest BCUT2D eigenvalue weighted by molar-refractivity contribution is -0.0123. The minimum atomic E-state index is -0.223. The minimum absolute atomic E-state index is 0.192. The minimum Gasteiger partial charge on any atom is -0.381 e. The lowest BCUT2D eigenvalue weighted by Gasteiger charge is -2.25. The van der Waals surface area contributed by atoms with Crippen LogP contribution in [0.3, 0.4) is 0 Å². The van der Waals surface area contributed by atoms with E-state index >= 15 is 0 Å². The Morgan fingerprint density at radius 3 is 2.80 bits per heavy atom. The van der Waals surface area contributed by atoms with E-state index in [0.717, 1.165) is 32.6 Å². The summed E-state index contributed by atoms with van der Waals surface area (Å²) in [6, 6.07) is 6.87. The lowest BCUT2D eigenvalue weighted by atomic mass is 10.0. The Hall–Kier alpha value is -0.970. The van der Waals surface area contributed by atoms with Gasteiger partial charge in [-0.05, 0) is 31.4 Å². The zero-order chi connectivity index (χ0) is 14.2. The Kier molecular flexibility index (Phi) is 6.43. The van der Waals surface area contributed by atoms with Gasteiger partial charge in [0.05, 0.1) is 12.7 Å². The molecular weight excluding hydrogens is 257 g/mol. The molecule has 0 radical (unpaired) electrons. The van der Waals surface area contributed by atoms with Crippen molar-refractivity contribution in [2.75, 3.05) is 32.9 Å². The van der Waals surface area contributed by atoms with Gasteiger partial charge in [-0.25, -0.2) is 4.39 Å². The Morgan fingerprint density at radius 2 is 2.10 bits per heavy atom. The molecule has 2 rings (SSSR count). The van der Waals surface area contributed by atoms with Crippen molar-refractivity contribution in [3.63, 3.8) is 0 Å². The van der Waals surface area contributed by atoms with E-state index in [4.69, 9.17) is 9.47 Å². The molecule has 1 heterocycles. The predicted molar refractivity (Wildman–Crippen MR) is 77.2 cm³/mol. The molecule has 1 aliphatic rings. The molecule has 1 fully saturated rings. The first-order valence-corrected chi connectivity index (χ1v) is 7.45. The summed E-state index contributed by atoms with van der Waals surface area (Å²) >= 11 is 0. The monoisotopic (exact) mass is 281 g/mol. The highest BCUT2D eigenvalue weighted by Crippen LogP contribution is 2.23. The van der Waals surface area contributed by atoms with Crippen molar-refractivity contribution in [3.05, 3.63) is 35.6 Å². The van der Waals surface area contributed by atoms with E-state index in [2.05, 4.69) is 5.32 Å².